The quantitative estimate of drug-likeness (QED) is 0.298. The second-order valence-electron chi connectivity index (χ2n) is 5.66. The Labute approximate surface area is 133 Å². The maximum absolute atomic E-state index is 12.1. The Morgan fingerprint density at radius 1 is 1.23 bits per heavy atom. The molecular weight excluding hydrogens is 282 g/mol. The van der Waals surface area contributed by atoms with Crippen LogP contribution in [-0.2, 0) is 14.3 Å². The summed E-state index contributed by atoms with van der Waals surface area (Å²) in [4.78, 5) is 24.7. The van der Waals surface area contributed by atoms with Crippen molar-refractivity contribution in [3.63, 3.8) is 0 Å². The second-order valence-corrected chi connectivity index (χ2v) is 5.66. The van der Waals surface area contributed by atoms with Gasteiger partial charge >= 0.3 is 12.1 Å². The minimum absolute atomic E-state index is 0.349. The highest BCUT2D eigenvalue weighted by molar-refractivity contribution is 5.81. The zero-order valence-corrected chi connectivity index (χ0v) is 14.0. The van der Waals surface area contributed by atoms with Crippen LogP contribution in [0, 0.1) is 0 Å². The maximum Gasteiger partial charge on any atom is 0.410 e. The van der Waals surface area contributed by atoms with E-state index >= 15 is 0 Å². The van der Waals surface area contributed by atoms with Crippen LogP contribution in [0.5, 0.6) is 0 Å². The van der Waals surface area contributed by atoms with E-state index < -0.39 is 5.60 Å². The van der Waals surface area contributed by atoms with E-state index in [-0.39, 0.29) is 12.1 Å². The van der Waals surface area contributed by atoms with Crippen molar-refractivity contribution >= 4 is 12.1 Å². The van der Waals surface area contributed by atoms with Gasteiger partial charge in [0.25, 0.3) is 0 Å². The van der Waals surface area contributed by atoms with Gasteiger partial charge in [0.1, 0.15) is 5.60 Å². The zero-order chi connectivity index (χ0) is 17.0. The molecule has 0 N–H and O–H groups in total. The Hall–Kier alpha value is -2.04. The lowest BCUT2D eigenvalue weighted by Crippen LogP contribution is -2.37. The topological polar surface area (TPSA) is 55.8 Å². The molecule has 0 saturated carbocycles. The smallest absolute Gasteiger partial charge is 0.410 e. The van der Waals surface area contributed by atoms with E-state index in [1.165, 1.54) is 13.2 Å². The van der Waals surface area contributed by atoms with Gasteiger partial charge in [-0.05, 0) is 33.6 Å². The van der Waals surface area contributed by atoms with Gasteiger partial charge in [-0.25, -0.2) is 9.59 Å². The predicted molar refractivity (Wildman–Crippen MR) is 87.5 cm³/mol. The number of amides is 1. The van der Waals surface area contributed by atoms with Crippen LogP contribution in [-0.4, -0.2) is 42.8 Å². The van der Waals surface area contributed by atoms with E-state index in [4.69, 9.17) is 4.74 Å². The first kappa shape index (κ1) is 20.0. The summed E-state index contributed by atoms with van der Waals surface area (Å²) in [6, 6.07) is 0. The van der Waals surface area contributed by atoms with E-state index in [0.717, 1.165) is 6.42 Å². The van der Waals surface area contributed by atoms with Crippen LogP contribution in [0.4, 0.5) is 4.79 Å². The minimum Gasteiger partial charge on any atom is -0.466 e. The van der Waals surface area contributed by atoms with Crippen LogP contribution in [0.15, 0.2) is 37.0 Å². The number of hydrogen-bond donors (Lipinski definition) is 0. The first-order chi connectivity index (χ1) is 10.3. The standard InChI is InChI=1S/C17H27NO4/c1-6-7-10-13-18(16(20)22-17(2,3)4)14-11-8-9-12-15(19)21-5/h6-7,9-10,12H,1,8,11,13-14H2,2-5H3/b10-7-,12-9+. The summed E-state index contributed by atoms with van der Waals surface area (Å²) in [5.41, 5.74) is -0.526. The zero-order valence-electron chi connectivity index (χ0n) is 14.0. The second kappa shape index (κ2) is 10.7. The van der Waals surface area contributed by atoms with Gasteiger partial charge in [0.05, 0.1) is 7.11 Å². The lowest BCUT2D eigenvalue weighted by Gasteiger charge is -2.26. The number of ether oxygens (including phenoxy) is 2. The van der Waals surface area contributed by atoms with Crippen LogP contribution in [0.3, 0.4) is 0 Å². The van der Waals surface area contributed by atoms with Crippen LogP contribution in [0.1, 0.15) is 33.6 Å². The van der Waals surface area contributed by atoms with Gasteiger partial charge < -0.3 is 14.4 Å². The molecule has 0 fully saturated rings. The van der Waals surface area contributed by atoms with Crippen molar-refractivity contribution in [2.24, 2.45) is 0 Å². The number of hydrogen-bond acceptors (Lipinski definition) is 4. The van der Waals surface area contributed by atoms with Crippen LogP contribution in [0.2, 0.25) is 0 Å². The summed E-state index contributed by atoms with van der Waals surface area (Å²) in [7, 11) is 1.34. The highest BCUT2D eigenvalue weighted by Crippen LogP contribution is 2.10. The molecule has 124 valence electrons. The molecular formula is C17H27NO4. The van der Waals surface area contributed by atoms with Crippen LogP contribution < -0.4 is 0 Å². The largest absolute Gasteiger partial charge is 0.466 e. The highest BCUT2D eigenvalue weighted by Gasteiger charge is 2.20. The normalized spacial score (nSPS) is 11.6. The summed E-state index contributed by atoms with van der Waals surface area (Å²) in [6.45, 7) is 10.1. The minimum atomic E-state index is -0.526. The Kier molecular flexibility index (Phi) is 9.67. The highest BCUT2D eigenvalue weighted by atomic mass is 16.6. The third kappa shape index (κ3) is 10.7. The number of carbonyl (C=O) groups excluding carboxylic acids is 2. The van der Waals surface area contributed by atoms with Crippen molar-refractivity contribution in [2.45, 2.75) is 39.2 Å². The number of allylic oxidation sites excluding steroid dienone is 3. The van der Waals surface area contributed by atoms with Gasteiger partial charge in [0.15, 0.2) is 0 Å². The fraction of sp³-hybridized carbons (Fsp3) is 0.529. The number of esters is 1. The predicted octanol–water partition coefficient (Wildman–Crippen LogP) is 3.48. The Bertz CT molecular complexity index is 419. The number of methoxy groups -OCH3 is 1. The average Bonchev–Trinajstić information content (AvgIpc) is 2.42. The Morgan fingerprint density at radius 2 is 1.91 bits per heavy atom. The van der Waals surface area contributed by atoms with Gasteiger partial charge in [-0.3, -0.25) is 0 Å². The molecule has 0 saturated heterocycles. The maximum atomic E-state index is 12.1. The molecule has 0 aromatic heterocycles. The number of rotatable bonds is 8. The number of nitrogens with zero attached hydrogens (tertiary/aromatic N) is 1. The van der Waals surface area contributed by atoms with Gasteiger partial charge in [-0.1, -0.05) is 30.9 Å². The first-order valence-corrected chi connectivity index (χ1v) is 7.30. The molecule has 22 heavy (non-hydrogen) atoms. The number of unbranched alkanes of at least 4 members (excludes halogenated alkanes) is 1. The van der Waals surface area contributed by atoms with Gasteiger partial charge in [0, 0.05) is 19.2 Å². The van der Waals surface area contributed by atoms with Gasteiger partial charge in [-0.15, -0.1) is 0 Å². The molecule has 0 aliphatic rings. The summed E-state index contributed by atoms with van der Waals surface area (Å²) in [5.74, 6) is -0.377. The third-order valence-corrected chi connectivity index (χ3v) is 2.50. The molecule has 0 bridgehead atoms. The lowest BCUT2D eigenvalue weighted by molar-refractivity contribution is -0.134. The van der Waals surface area contributed by atoms with Crippen molar-refractivity contribution in [3.8, 4) is 0 Å². The SMILES string of the molecule is C=C/C=C\CN(CCC/C=C/C(=O)OC)C(=O)OC(C)(C)C. The third-order valence-electron chi connectivity index (χ3n) is 2.50. The van der Waals surface area contributed by atoms with Gasteiger partial charge in [-0.2, -0.15) is 0 Å². The molecule has 5 heteroatoms. The van der Waals surface area contributed by atoms with E-state index in [2.05, 4.69) is 11.3 Å². The Balaban J connectivity index is 4.44. The van der Waals surface area contributed by atoms with Crippen molar-refractivity contribution in [2.75, 3.05) is 20.2 Å². The molecule has 0 radical (unpaired) electrons. The molecule has 0 spiro atoms. The summed E-state index contributed by atoms with van der Waals surface area (Å²) >= 11 is 0. The van der Waals surface area contributed by atoms with Crippen LogP contribution >= 0.6 is 0 Å². The van der Waals surface area contributed by atoms with Crippen molar-refractivity contribution < 1.29 is 19.1 Å². The van der Waals surface area contributed by atoms with Crippen molar-refractivity contribution in [3.05, 3.63) is 37.0 Å². The molecule has 0 unspecified atom stereocenters. The molecule has 0 aromatic rings. The Morgan fingerprint density at radius 3 is 2.45 bits per heavy atom. The fourth-order valence-corrected chi connectivity index (χ4v) is 1.52. The molecule has 0 heterocycles. The summed E-state index contributed by atoms with van der Waals surface area (Å²) in [6.07, 6.45) is 9.47. The van der Waals surface area contributed by atoms with E-state index in [1.54, 1.807) is 23.1 Å². The first-order valence-electron chi connectivity index (χ1n) is 7.30. The molecule has 0 atom stereocenters. The monoisotopic (exact) mass is 309 g/mol. The molecule has 0 aliphatic carbocycles. The van der Waals surface area contributed by atoms with Crippen molar-refractivity contribution in [1.29, 1.82) is 0 Å². The fourth-order valence-electron chi connectivity index (χ4n) is 1.52. The summed E-state index contributed by atoms with van der Waals surface area (Å²) < 4.78 is 9.89. The molecule has 0 rings (SSSR count). The van der Waals surface area contributed by atoms with E-state index in [0.29, 0.717) is 19.5 Å². The van der Waals surface area contributed by atoms with Crippen molar-refractivity contribution in [1.82, 2.24) is 4.90 Å². The number of carbonyl (C=O) groups is 2. The summed E-state index contributed by atoms with van der Waals surface area (Å²) in [5, 5.41) is 0. The van der Waals surface area contributed by atoms with Crippen LogP contribution in [0.25, 0.3) is 0 Å². The average molecular weight is 309 g/mol. The lowest BCUT2D eigenvalue weighted by atomic mass is 10.2. The van der Waals surface area contributed by atoms with E-state index in [9.17, 15) is 9.59 Å². The van der Waals surface area contributed by atoms with Gasteiger partial charge in [0.2, 0.25) is 0 Å². The molecule has 0 aliphatic heterocycles. The molecule has 1 amide bonds. The molecule has 0 aromatic carbocycles. The van der Waals surface area contributed by atoms with E-state index in [1.807, 2.05) is 26.8 Å². The molecule has 5 nitrogen and oxygen atoms in total.